The van der Waals surface area contributed by atoms with Gasteiger partial charge in [0.05, 0.1) is 44.2 Å². The van der Waals surface area contributed by atoms with E-state index in [1.54, 1.807) is 7.11 Å². The number of methoxy groups -OCH3 is 1. The molecule has 0 spiro atoms. The van der Waals surface area contributed by atoms with Crippen LogP contribution < -0.4 is 0 Å². The quantitative estimate of drug-likeness (QED) is 0.587. The Kier molecular flexibility index (Phi) is 8.78. The molecule has 0 radical (unpaired) electrons. The third-order valence-electron chi connectivity index (χ3n) is 2.03. The molecule has 4 nitrogen and oxygen atoms in total. The predicted octanol–water partition coefficient (Wildman–Crippen LogP) is 2.26. The minimum absolute atomic E-state index is 0.105. The largest absolute Gasteiger partial charge is 0.379 e. The van der Waals surface area contributed by atoms with Crippen LogP contribution in [-0.2, 0) is 18.9 Å². The summed E-state index contributed by atoms with van der Waals surface area (Å²) in [5.41, 5.74) is -0.118. The van der Waals surface area contributed by atoms with Crippen molar-refractivity contribution in [3.05, 3.63) is 0 Å². The molecule has 104 valence electrons. The van der Waals surface area contributed by atoms with Gasteiger partial charge in [-0.25, -0.2) is 0 Å². The SMILES string of the molecule is COC(C)COCCOCC(C)OC(C)(C)C. The fraction of sp³-hybridized carbons (Fsp3) is 1.00. The maximum absolute atomic E-state index is 5.71. The molecule has 2 atom stereocenters. The van der Waals surface area contributed by atoms with Crippen LogP contribution in [0.5, 0.6) is 0 Å². The lowest BCUT2D eigenvalue weighted by atomic mass is 10.2. The van der Waals surface area contributed by atoms with E-state index in [-0.39, 0.29) is 17.8 Å². The average molecular weight is 248 g/mol. The minimum Gasteiger partial charge on any atom is -0.379 e. The van der Waals surface area contributed by atoms with Crippen molar-refractivity contribution in [1.82, 2.24) is 0 Å². The molecule has 0 aliphatic carbocycles. The zero-order valence-electron chi connectivity index (χ0n) is 12.1. The second-order valence-corrected chi connectivity index (χ2v) is 5.24. The van der Waals surface area contributed by atoms with Crippen molar-refractivity contribution >= 4 is 0 Å². The highest BCUT2D eigenvalue weighted by Crippen LogP contribution is 2.10. The van der Waals surface area contributed by atoms with E-state index in [0.29, 0.717) is 26.4 Å². The van der Waals surface area contributed by atoms with Crippen LogP contribution in [0.4, 0.5) is 0 Å². The highest BCUT2D eigenvalue weighted by molar-refractivity contribution is 4.62. The second kappa shape index (κ2) is 8.86. The van der Waals surface area contributed by atoms with Crippen molar-refractivity contribution in [2.45, 2.75) is 52.4 Å². The molecule has 2 unspecified atom stereocenters. The Morgan fingerprint density at radius 3 is 1.76 bits per heavy atom. The molecule has 0 aliphatic heterocycles. The lowest BCUT2D eigenvalue weighted by Gasteiger charge is -2.24. The van der Waals surface area contributed by atoms with Crippen molar-refractivity contribution in [3.63, 3.8) is 0 Å². The van der Waals surface area contributed by atoms with Crippen LogP contribution in [0.25, 0.3) is 0 Å². The molecule has 17 heavy (non-hydrogen) atoms. The van der Waals surface area contributed by atoms with E-state index in [0.717, 1.165) is 0 Å². The first-order valence-electron chi connectivity index (χ1n) is 6.21. The Morgan fingerprint density at radius 1 is 0.882 bits per heavy atom. The second-order valence-electron chi connectivity index (χ2n) is 5.24. The Balaban J connectivity index is 3.34. The predicted molar refractivity (Wildman–Crippen MR) is 68.4 cm³/mol. The molecule has 0 saturated carbocycles. The van der Waals surface area contributed by atoms with Gasteiger partial charge in [-0.3, -0.25) is 0 Å². The Hall–Kier alpha value is -0.160. The molecular formula is C13H28O4. The molecule has 0 aromatic heterocycles. The molecule has 0 rings (SSSR count). The summed E-state index contributed by atoms with van der Waals surface area (Å²) in [6, 6.07) is 0. The van der Waals surface area contributed by atoms with Gasteiger partial charge in [0.15, 0.2) is 0 Å². The van der Waals surface area contributed by atoms with E-state index in [2.05, 4.69) is 0 Å². The van der Waals surface area contributed by atoms with Gasteiger partial charge in [-0.1, -0.05) is 0 Å². The molecule has 0 amide bonds. The summed E-state index contributed by atoms with van der Waals surface area (Å²) in [7, 11) is 1.68. The van der Waals surface area contributed by atoms with Crippen LogP contribution in [0.2, 0.25) is 0 Å². The molecular weight excluding hydrogens is 220 g/mol. The summed E-state index contributed by atoms with van der Waals surface area (Å²) in [6.07, 6.45) is 0.242. The zero-order chi connectivity index (χ0) is 13.3. The number of hydrogen-bond donors (Lipinski definition) is 0. The molecule has 0 N–H and O–H groups in total. The average Bonchev–Trinajstić information content (AvgIpc) is 2.20. The number of hydrogen-bond acceptors (Lipinski definition) is 4. The Bertz CT molecular complexity index is 177. The smallest absolute Gasteiger partial charge is 0.0787 e. The zero-order valence-corrected chi connectivity index (χ0v) is 12.1. The third-order valence-corrected chi connectivity index (χ3v) is 2.03. The van der Waals surface area contributed by atoms with Gasteiger partial charge in [0.1, 0.15) is 0 Å². The van der Waals surface area contributed by atoms with Gasteiger partial charge in [-0.15, -0.1) is 0 Å². The van der Waals surface area contributed by atoms with Crippen LogP contribution in [0.15, 0.2) is 0 Å². The lowest BCUT2D eigenvalue weighted by molar-refractivity contribution is -0.0903. The Morgan fingerprint density at radius 2 is 1.35 bits per heavy atom. The monoisotopic (exact) mass is 248 g/mol. The highest BCUT2D eigenvalue weighted by Gasteiger charge is 2.14. The summed E-state index contributed by atoms with van der Waals surface area (Å²) in [5.74, 6) is 0. The van der Waals surface area contributed by atoms with Crippen molar-refractivity contribution < 1.29 is 18.9 Å². The summed E-state index contributed by atoms with van der Waals surface area (Å²) >= 11 is 0. The molecule has 0 heterocycles. The fourth-order valence-corrected chi connectivity index (χ4v) is 1.32. The summed E-state index contributed by atoms with van der Waals surface area (Å²) in [4.78, 5) is 0. The van der Waals surface area contributed by atoms with Crippen LogP contribution in [0.1, 0.15) is 34.6 Å². The van der Waals surface area contributed by atoms with Gasteiger partial charge in [0, 0.05) is 7.11 Å². The molecule has 0 bridgehead atoms. The molecule has 0 aromatic carbocycles. The topological polar surface area (TPSA) is 36.9 Å². The van der Waals surface area contributed by atoms with E-state index >= 15 is 0 Å². The van der Waals surface area contributed by atoms with Crippen molar-refractivity contribution in [1.29, 1.82) is 0 Å². The van der Waals surface area contributed by atoms with Crippen molar-refractivity contribution in [2.24, 2.45) is 0 Å². The lowest BCUT2D eigenvalue weighted by Crippen LogP contribution is -2.29. The highest BCUT2D eigenvalue weighted by atomic mass is 16.6. The summed E-state index contributed by atoms with van der Waals surface area (Å²) < 4.78 is 21.6. The number of ether oxygens (including phenoxy) is 4. The van der Waals surface area contributed by atoms with E-state index in [1.807, 2.05) is 34.6 Å². The van der Waals surface area contributed by atoms with E-state index < -0.39 is 0 Å². The van der Waals surface area contributed by atoms with Crippen LogP contribution in [0, 0.1) is 0 Å². The van der Waals surface area contributed by atoms with Gasteiger partial charge in [-0.05, 0) is 34.6 Å². The first-order chi connectivity index (χ1) is 7.85. The number of rotatable bonds is 9. The fourth-order valence-electron chi connectivity index (χ4n) is 1.32. The molecule has 0 aromatic rings. The molecule has 0 saturated heterocycles. The van der Waals surface area contributed by atoms with E-state index in [9.17, 15) is 0 Å². The van der Waals surface area contributed by atoms with Gasteiger partial charge >= 0.3 is 0 Å². The molecule has 0 fully saturated rings. The van der Waals surface area contributed by atoms with Crippen LogP contribution in [-0.4, -0.2) is 51.3 Å². The van der Waals surface area contributed by atoms with Crippen LogP contribution in [0.3, 0.4) is 0 Å². The third kappa shape index (κ3) is 12.1. The first kappa shape index (κ1) is 16.8. The van der Waals surface area contributed by atoms with Gasteiger partial charge in [0.25, 0.3) is 0 Å². The van der Waals surface area contributed by atoms with Crippen LogP contribution >= 0.6 is 0 Å². The standard InChI is InChI=1S/C13H28O4/c1-11(14-6)9-15-7-8-16-10-12(2)17-13(3,4)5/h11-12H,7-10H2,1-6H3. The Labute approximate surface area is 106 Å². The van der Waals surface area contributed by atoms with Gasteiger partial charge < -0.3 is 18.9 Å². The minimum atomic E-state index is -0.118. The maximum atomic E-state index is 5.71. The normalized spacial score (nSPS) is 15.9. The van der Waals surface area contributed by atoms with Gasteiger partial charge in [-0.2, -0.15) is 0 Å². The van der Waals surface area contributed by atoms with E-state index in [1.165, 1.54) is 0 Å². The molecule has 4 heteroatoms. The first-order valence-corrected chi connectivity index (χ1v) is 6.21. The molecule has 0 aliphatic rings. The van der Waals surface area contributed by atoms with Crippen molar-refractivity contribution in [3.8, 4) is 0 Å². The van der Waals surface area contributed by atoms with E-state index in [4.69, 9.17) is 18.9 Å². The summed E-state index contributed by atoms with van der Waals surface area (Å²) in [5, 5.41) is 0. The van der Waals surface area contributed by atoms with Gasteiger partial charge in [0.2, 0.25) is 0 Å². The maximum Gasteiger partial charge on any atom is 0.0787 e. The summed E-state index contributed by atoms with van der Waals surface area (Å²) in [6.45, 7) is 12.5. The van der Waals surface area contributed by atoms with Crippen molar-refractivity contribution in [2.75, 3.05) is 33.5 Å².